The highest BCUT2D eigenvalue weighted by Crippen LogP contribution is 2.25. The van der Waals surface area contributed by atoms with Crippen LogP contribution in [0.2, 0.25) is 0 Å². The first-order chi connectivity index (χ1) is 13.1. The van der Waals surface area contributed by atoms with Crippen LogP contribution in [0.25, 0.3) is 0 Å². The van der Waals surface area contributed by atoms with Crippen LogP contribution in [0.5, 0.6) is 11.5 Å². The van der Waals surface area contributed by atoms with Gasteiger partial charge in [-0.3, -0.25) is 4.90 Å². The second kappa shape index (κ2) is 9.14. The summed E-state index contributed by atoms with van der Waals surface area (Å²) in [5.41, 5.74) is 3.79. The minimum atomic E-state index is 0.526. The molecule has 146 valence electrons. The van der Waals surface area contributed by atoms with E-state index in [1.807, 2.05) is 6.07 Å². The molecule has 0 spiro atoms. The minimum Gasteiger partial charge on any atom is -0.497 e. The lowest BCUT2D eigenvalue weighted by atomic mass is 10.0. The Bertz CT molecular complexity index is 737. The van der Waals surface area contributed by atoms with Crippen LogP contribution in [0.15, 0.2) is 42.5 Å². The van der Waals surface area contributed by atoms with Gasteiger partial charge in [-0.15, -0.1) is 0 Å². The Hall–Kier alpha value is -2.20. The number of aryl methyl sites for hydroxylation is 1. The number of hydrogen-bond donors (Lipinski definition) is 0. The van der Waals surface area contributed by atoms with E-state index in [1.54, 1.807) is 7.11 Å². The molecular weight excluding hydrogens is 336 g/mol. The van der Waals surface area contributed by atoms with Gasteiger partial charge in [-0.25, -0.2) is 0 Å². The maximum atomic E-state index is 6.10. The molecule has 2 aromatic carbocycles. The smallest absolute Gasteiger partial charge is 0.122 e. The predicted molar refractivity (Wildman–Crippen MR) is 112 cm³/mol. The van der Waals surface area contributed by atoms with Crippen molar-refractivity contribution in [1.82, 2.24) is 4.90 Å². The predicted octanol–water partition coefficient (Wildman–Crippen LogP) is 4.33. The number of nitrogens with zero attached hydrogens (tertiary/aromatic N) is 2. The highest BCUT2D eigenvalue weighted by molar-refractivity contribution is 5.51. The second-order valence-electron chi connectivity index (χ2n) is 7.56. The van der Waals surface area contributed by atoms with Crippen LogP contribution in [0, 0.1) is 6.92 Å². The quantitative estimate of drug-likeness (QED) is 0.726. The molecule has 27 heavy (non-hydrogen) atoms. The minimum absolute atomic E-state index is 0.526. The van der Waals surface area contributed by atoms with Crippen LogP contribution in [-0.4, -0.2) is 51.3 Å². The number of rotatable bonds is 7. The van der Waals surface area contributed by atoms with Gasteiger partial charge < -0.3 is 14.4 Å². The summed E-state index contributed by atoms with van der Waals surface area (Å²) in [6.07, 6.45) is 0. The lowest BCUT2D eigenvalue weighted by Gasteiger charge is -2.36. The van der Waals surface area contributed by atoms with E-state index in [9.17, 15) is 0 Å². The van der Waals surface area contributed by atoms with Gasteiger partial charge in [0.1, 0.15) is 18.1 Å². The summed E-state index contributed by atoms with van der Waals surface area (Å²) in [7, 11) is 1.72. The zero-order chi connectivity index (χ0) is 19.2. The first kappa shape index (κ1) is 19.6. The molecular formula is C23H32N2O2. The Morgan fingerprint density at radius 2 is 1.78 bits per heavy atom. The topological polar surface area (TPSA) is 24.9 Å². The number of piperazine rings is 1. The van der Waals surface area contributed by atoms with Crippen molar-refractivity contribution in [2.75, 3.05) is 51.3 Å². The summed E-state index contributed by atoms with van der Waals surface area (Å²) in [5, 5.41) is 0. The molecule has 4 nitrogen and oxygen atoms in total. The maximum Gasteiger partial charge on any atom is 0.122 e. The standard InChI is InChI=1S/C23H32N2O2/c1-18(2)20-9-8-19(3)23(16-20)27-15-14-24-10-12-25(13-11-24)21-6-5-7-22(17-21)26-4/h5-9,16-18H,10-15H2,1-4H3. The number of methoxy groups -OCH3 is 1. The molecule has 0 saturated carbocycles. The Morgan fingerprint density at radius 3 is 2.48 bits per heavy atom. The lowest BCUT2D eigenvalue weighted by Crippen LogP contribution is -2.47. The van der Waals surface area contributed by atoms with E-state index in [1.165, 1.54) is 16.8 Å². The van der Waals surface area contributed by atoms with Gasteiger partial charge in [-0.05, 0) is 42.2 Å². The first-order valence-electron chi connectivity index (χ1n) is 9.91. The molecule has 1 fully saturated rings. The van der Waals surface area contributed by atoms with E-state index in [0.717, 1.165) is 50.8 Å². The van der Waals surface area contributed by atoms with E-state index in [-0.39, 0.29) is 0 Å². The van der Waals surface area contributed by atoms with Gasteiger partial charge in [0.05, 0.1) is 7.11 Å². The van der Waals surface area contributed by atoms with Crippen LogP contribution in [0.1, 0.15) is 30.9 Å². The average molecular weight is 369 g/mol. The van der Waals surface area contributed by atoms with E-state index in [4.69, 9.17) is 9.47 Å². The fraction of sp³-hybridized carbons (Fsp3) is 0.478. The third-order valence-electron chi connectivity index (χ3n) is 5.33. The van der Waals surface area contributed by atoms with Gasteiger partial charge in [0.2, 0.25) is 0 Å². The van der Waals surface area contributed by atoms with E-state index in [2.05, 4.69) is 67.0 Å². The number of benzene rings is 2. The third-order valence-corrected chi connectivity index (χ3v) is 5.33. The van der Waals surface area contributed by atoms with Crippen molar-refractivity contribution in [1.29, 1.82) is 0 Å². The molecule has 0 bridgehead atoms. The molecule has 3 rings (SSSR count). The number of ether oxygens (including phenoxy) is 2. The van der Waals surface area contributed by atoms with Gasteiger partial charge in [-0.1, -0.05) is 32.0 Å². The van der Waals surface area contributed by atoms with Crippen molar-refractivity contribution in [3.05, 3.63) is 53.6 Å². The van der Waals surface area contributed by atoms with Gasteiger partial charge in [0, 0.05) is 44.5 Å². The summed E-state index contributed by atoms with van der Waals surface area (Å²) in [4.78, 5) is 4.91. The molecule has 2 aromatic rings. The Morgan fingerprint density at radius 1 is 1.00 bits per heavy atom. The zero-order valence-electron chi connectivity index (χ0n) is 17.1. The molecule has 0 aromatic heterocycles. The molecule has 1 aliphatic heterocycles. The van der Waals surface area contributed by atoms with Gasteiger partial charge in [0.15, 0.2) is 0 Å². The first-order valence-corrected chi connectivity index (χ1v) is 9.91. The van der Waals surface area contributed by atoms with Crippen molar-refractivity contribution in [2.24, 2.45) is 0 Å². The number of hydrogen-bond acceptors (Lipinski definition) is 4. The highest BCUT2D eigenvalue weighted by Gasteiger charge is 2.17. The largest absolute Gasteiger partial charge is 0.497 e. The van der Waals surface area contributed by atoms with E-state index < -0.39 is 0 Å². The summed E-state index contributed by atoms with van der Waals surface area (Å²) in [5.74, 6) is 2.47. The molecule has 0 amide bonds. The fourth-order valence-corrected chi connectivity index (χ4v) is 3.45. The highest BCUT2D eigenvalue weighted by atomic mass is 16.5. The zero-order valence-corrected chi connectivity index (χ0v) is 17.1. The van der Waals surface area contributed by atoms with Crippen molar-refractivity contribution in [2.45, 2.75) is 26.7 Å². The van der Waals surface area contributed by atoms with Crippen molar-refractivity contribution >= 4 is 5.69 Å². The molecule has 0 atom stereocenters. The molecule has 0 N–H and O–H groups in total. The van der Waals surface area contributed by atoms with Gasteiger partial charge in [0.25, 0.3) is 0 Å². The molecule has 0 radical (unpaired) electrons. The molecule has 4 heteroatoms. The molecule has 0 unspecified atom stereocenters. The Kier molecular flexibility index (Phi) is 6.62. The Labute approximate surface area is 163 Å². The van der Waals surface area contributed by atoms with Crippen molar-refractivity contribution < 1.29 is 9.47 Å². The summed E-state index contributed by atoms with van der Waals surface area (Å²) >= 11 is 0. The lowest BCUT2D eigenvalue weighted by molar-refractivity contribution is 0.200. The summed E-state index contributed by atoms with van der Waals surface area (Å²) in [6, 6.07) is 14.9. The summed E-state index contributed by atoms with van der Waals surface area (Å²) < 4.78 is 11.4. The van der Waals surface area contributed by atoms with Gasteiger partial charge in [-0.2, -0.15) is 0 Å². The average Bonchev–Trinajstić information content (AvgIpc) is 2.70. The van der Waals surface area contributed by atoms with Crippen LogP contribution >= 0.6 is 0 Å². The van der Waals surface area contributed by atoms with Crippen molar-refractivity contribution in [3.8, 4) is 11.5 Å². The third kappa shape index (κ3) is 5.16. The normalized spacial score (nSPS) is 15.2. The molecule has 1 saturated heterocycles. The maximum absolute atomic E-state index is 6.10. The summed E-state index contributed by atoms with van der Waals surface area (Å²) in [6.45, 7) is 12.5. The Balaban J connectivity index is 1.47. The monoisotopic (exact) mass is 368 g/mol. The molecule has 1 heterocycles. The van der Waals surface area contributed by atoms with Crippen LogP contribution in [0.4, 0.5) is 5.69 Å². The van der Waals surface area contributed by atoms with Gasteiger partial charge >= 0.3 is 0 Å². The van der Waals surface area contributed by atoms with Crippen LogP contribution < -0.4 is 14.4 Å². The SMILES string of the molecule is COc1cccc(N2CCN(CCOc3cc(C(C)C)ccc3C)CC2)c1. The van der Waals surface area contributed by atoms with Crippen LogP contribution in [-0.2, 0) is 0 Å². The van der Waals surface area contributed by atoms with Crippen LogP contribution in [0.3, 0.4) is 0 Å². The molecule has 0 aliphatic carbocycles. The van der Waals surface area contributed by atoms with E-state index in [0.29, 0.717) is 5.92 Å². The second-order valence-corrected chi connectivity index (χ2v) is 7.56. The fourth-order valence-electron chi connectivity index (χ4n) is 3.45. The van der Waals surface area contributed by atoms with E-state index >= 15 is 0 Å². The molecule has 1 aliphatic rings. The number of anilines is 1. The van der Waals surface area contributed by atoms with Crippen molar-refractivity contribution in [3.63, 3.8) is 0 Å².